The van der Waals surface area contributed by atoms with E-state index >= 15 is 0 Å². The van der Waals surface area contributed by atoms with E-state index in [9.17, 15) is 19.2 Å². The van der Waals surface area contributed by atoms with Gasteiger partial charge in [-0.3, -0.25) is 4.79 Å². The summed E-state index contributed by atoms with van der Waals surface area (Å²) in [5, 5.41) is 12.0. The average molecular weight is 426 g/mol. The second-order valence-corrected chi connectivity index (χ2v) is 7.87. The average Bonchev–Trinajstić information content (AvgIpc) is 2.98. The van der Waals surface area contributed by atoms with Crippen molar-refractivity contribution in [2.24, 2.45) is 5.92 Å². The fourth-order valence-corrected chi connectivity index (χ4v) is 3.05. The van der Waals surface area contributed by atoms with Gasteiger partial charge in [-0.15, -0.1) is 0 Å². The smallest absolute Gasteiger partial charge is 0.349 e. The molecule has 2 aromatic rings. The molecule has 1 atom stereocenters. The maximum atomic E-state index is 13.0. The molecule has 0 aliphatic heterocycles. The zero-order valence-corrected chi connectivity index (χ0v) is 18.5. The van der Waals surface area contributed by atoms with Gasteiger partial charge in [-0.2, -0.15) is 5.26 Å². The standard InChI is InChI=1S/C24H28FN3O3/c1-15(2)10-11-28-16(3)12-19(17(28)4)13-20(14-26)24(30)31-18(5)23(29)27-22-8-6-21(25)7-9-22/h6-9,12-13,15,18H,10-11H2,1-5H3,(H,27,29)/b20-13+. The quantitative estimate of drug-likeness (QED) is 0.375. The summed E-state index contributed by atoms with van der Waals surface area (Å²) in [6, 6.07) is 9.00. The molecule has 0 saturated carbocycles. The van der Waals surface area contributed by atoms with E-state index in [0.717, 1.165) is 29.9 Å². The number of aromatic nitrogens is 1. The number of rotatable bonds is 8. The molecule has 1 aromatic heterocycles. The van der Waals surface area contributed by atoms with Crippen molar-refractivity contribution < 1.29 is 18.7 Å². The van der Waals surface area contributed by atoms with Gasteiger partial charge >= 0.3 is 5.97 Å². The lowest BCUT2D eigenvalue weighted by molar-refractivity contribution is -0.148. The first-order valence-electron chi connectivity index (χ1n) is 10.2. The molecule has 1 amide bonds. The highest BCUT2D eigenvalue weighted by atomic mass is 19.1. The highest BCUT2D eigenvalue weighted by molar-refractivity contribution is 6.01. The Balaban J connectivity index is 2.10. The fourth-order valence-electron chi connectivity index (χ4n) is 3.05. The third kappa shape index (κ3) is 6.54. The number of benzene rings is 1. The van der Waals surface area contributed by atoms with Crippen molar-refractivity contribution in [2.75, 3.05) is 5.32 Å². The number of carbonyl (C=O) groups excluding carboxylic acids is 2. The molecule has 0 aliphatic carbocycles. The van der Waals surface area contributed by atoms with E-state index in [1.54, 1.807) is 0 Å². The lowest BCUT2D eigenvalue weighted by atomic mass is 10.1. The highest BCUT2D eigenvalue weighted by Crippen LogP contribution is 2.20. The van der Waals surface area contributed by atoms with Gasteiger partial charge < -0.3 is 14.6 Å². The summed E-state index contributed by atoms with van der Waals surface area (Å²) in [6.45, 7) is 10.5. The molecular weight excluding hydrogens is 397 g/mol. The van der Waals surface area contributed by atoms with E-state index in [1.165, 1.54) is 37.3 Å². The first-order valence-corrected chi connectivity index (χ1v) is 10.2. The summed E-state index contributed by atoms with van der Waals surface area (Å²) in [5.41, 5.74) is 2.95. The number of ether oxygens (including phenoxy) is 1. The van der Waals surface area contributed by atoms with Crippen LogP contribution < -0.4 is 5.32 Å². The van der Waals surface area contributed by atoms with E-state index in [1.807, 2.05) is 26.0 Å². The van der Waals surface area contributed by atoms with Crippen molar-refractivity contribution >= 4 is 23.6 Å². The number of esters is 1. The zero-order valence-electron chi connectivity index (χ0n) is 18.5. The Hall–Kier alpha value is -3.40. The number of nitrogens with one attached hydrogen (secondary N) is 1. The van der Waals surface area contributed by atoms with Gasteiger partial charge in [0.1, 0.15) is 17.5 Å². The number of nitriles is 1. The Bertz CT molecular complexity index is 1010. The van der Waals surface area contributed by atoms with Crippen LogP contribution in [0, 0.1) is 36.9 Å². The van der Waals surface area contributed by atoms with E-state index in [-0.39, 0.29) is 5.57 Å². The van der Waals surface area contributed by atoms with Crippen molar-refractivity contribution in [3.05, 3.63) is 58.7 Å². The molecule has 7 heteroatoms. The van der Waals surface area contributed by atoms with Crippen LogP contribution in [0.3, 0.4) is 0 Å². The molecule has 0 bridgehead atoms. The first kappa shape index (κ1) is 23.9. The molecule has 1 unspecified atom stereocenters. The van der Waals surface area contributed by atoms with Crippen LogP contribution in [-0.2, 0) is 20.9 Å². The summed E-state index contributed by atoms with van der Waals surface area (Å²) in [6.07, 6.45) is 1.38. The fraction of sp³-hybridized carbons (Fsp3) is 0.375. The second-order valence-electron chi connectivity index (χ2n) is 7.87. The minimum absolute atomic E-state index is 0.189. The van der Waals surface area contributed by atoms with Crippen LogP contribution in [0.15, 0.2) is 35.9 Å². The molecule has 1 N–H and O–H groups in total. The molecule has 0 fully saturated rings. The monoisotopic (exact) mass is 425 g/mol. The minimum Gasteiger partial charge on any atom is -0.448 e. The van der Waals surface area contributed by atoms with Gasteiger partial charge in [-0.25, -0.2) is 9.18 Å². The molecule has 1 aromatic carbocycles. The number of nitrogens with zero attached hydrogens (tertiary/aromatic N) is 2. The third-order valence-electron chi connectivity index (χ3n) is 4.95. The van der Waals surface area contributed by atoms with Gasteiger partial charge in [0.15, 0.2) is 6.10 Å². The van der Waals surface area contributed by atoms with Crippen LogP contribution in [-0.4, -0.2) is 22.5 Å². The van der Waals surface area contributed by atoms with Gasteiger partial charge in [0.05, 0.1) is 0 Å². The van der Waals surface area contributed by atoms with Crippen molar-refractivity contribution in [1.29, 1.82) is 5.26 Å². The number of hydrogen-bond acceptors (Lipinski definition) is 4. The summed E-state index contributed by atoms with van der Waals surface area (Å²) in [4.78, 5) is 24.7. The number of carbonyl (C=O) groups is 2. The molecule has 164 valence electrons. The Morgan fingerprint density at radius 3 is 2.45 bits per heavy atom. The molecular formula is C24H28FN3O3. The van der Waals surface area contributed by atoms with Crippen LogP contribution in [0.5, 0.6) is 0 Å². The molecule has 1 heterocycles. The van der Waals surface area contributed by atoms with E-state index in [0.29, 0.717) is 11.6 Å². The van der Waals surface area contributed by atoms with Gasteiger partial charge in [-0.1, -0.05) is 13.8 Å². The van der Waals surface area contributed by atoms with Crippen LogP contribution in [0.4, 0.5) is 10.1 Å². The number of aryl methyl sites for hydroxylation is 1. The number of anilines is 1. The van der Waals surface area contributed by atoms with Gasteiger partial charge in [0.25, 0.3) is 5.91 Å². The van der Waals surface area contributed by atoms with Gasteiger partial charge in [0.2, 0.25) is 0 Å². The predicted molar refractivity (Wildman–Crippen MR) is 118 cm³/mol. The molecule has 0 radical (unpaired) electrons. The van der Waals surface area contributed by atoms with Gasteiger partial charge in [-0.05, 0) is 75.1 Å². The van der Waals surface area contributed by atoms with Crippen molar-refractivity contribution in [2.45, 2.75) is 53.7 Å². The van der Waals surface area contributed by atoms with Gasteiger partial charge in [0, 0.05) is 23.6 Å². The molecule has 0 spiro atoms. The largest absolute Gasteiger partial charge is 0.448 e. The number of amides is 1. The number of halogens is 1. The normalized spacial score (nSPS) is 12.4. The molecule has 6 nitrogen and oxygen atoms in total. The summed E-state index contributed by atoms with van der Waals surface area (Å²) >= 11 is 0. The molecule has 31 heavy (non-hydrogen) atoms. The SMILES string of the molecule is Cc1cc(/C=C(\C#N)C(=O)OC(C)C(=O)Nc2ccc(F)cc2)c(C)n1CCC(C)C. The summed E-state index contributed by atoms with van der Waals surface area (Å²) < 4.78 is 20.3. The van der Waals surface area contributed by atoms with Crippen molar-refractivity contribution in [3.63, 3.8) is 0 Å². The lowest BCUT2D eigenvalue weighted by Crippen LogP contribution is -2.30. The van der Waals surface area contributed by atoms with Crippen LogP contribution >= 0.6 is 0 Å². The minimum atomic E-state index is -1.13. The molecule has 0 saturated heterocycles. The second kappa shape index (κ2) is 10.6. The zero-order chi connectivity index (χ0) is 23.1. The third-order valence-corrected chi connectivity index (χ3v) is 4.95. The van der Waals surface area contributed by atoms with E-state index in [4.69, 9.17) is 4.74 Å². The topological polar surface area (TPSA) is 84.1 Å². The Morgan fingerprint density at radius 2 is 1.87 bits per heavy atom. The predicted octanol–water partition coefficient (Wildman–Crippen LogP) is 4.77. The summed E-state index contributed by atoms with van der Waals surface area (Å²) in [7, 11) is 0. The van der Waals surface area contributed by atoms with E-state index in [2.05, 4.69) is 23.7 Å². The first-order chi connectivity index (χ1) is 14.6. The maximum Gasteiger partial charge on any atom is 0.349 e. The Morgan fingerprint density at radius 1 is 1.23 bits per heavy atom. The Kier molecular flexibility index (Phi) is 8.14. The van der Waals surface area contributed by atoms with Crippen LogP contribution in [0.2, 0.25) is 0 Å². The van der Waals surface area contributed by atoms with Crippen molar-refractivity contribution in [3.8, 4) is 6.07 Å². The molecule has 0 aliphatic rings. The highest BCUT2D eigenvalue weighted by Gasteiger charge is 2.21. The van der Waals surface area contributed by atoms with Crippen LogP contribution in [0.1, 0.15) is 44.1 Å². The number of hydrogen-bond donors (Lipinski definition) is 1. The molecule has 2 rings (SSSR count). The van der Waals surface area contributed by atoms with Crippen LogP contribution in [0.25, 0.3) is 6.08 Å². The van der Waals surface area contributed by atoms with Crippen molar-refractivity contribution in [1.82, 2.24) is 4.57 Å². The Labute approximate surface area is 182 Å². The maximum absolute atomic E-state index is 13.0. The van der Waals surface area contributed by atoms with E-state index < -0.39 is 23.8 Å². The lowest BCUT2D eigenvalue weighted by Gasteiger charge is -2.13. The summed E-state index contributed by atoms with van der Waals surface area (Å²) in [5.74, 6) is -1.32.